The summed E-state index contributed by atoms with van der Waals surface area (Å²) in [5.41, 5.74) is 1.13. The van der Waals surface area contributed by atoms with Crippen LogP contribution in [-0.2, 0) is 4.74 Å². The van der Waals surface area contributed by atoms with E-state index >= 15 is 0 Å². The third-order valence-corrected chi connectivity index (χ3v) is 3.80. The molecule has 112 valence electrons. The lowest BCUT2D eigenvalue weighted by atomic mass is 10.0. The van der Waals surface area contributed by atoms with E-state index in [9.17, 15) is 9.50 Å². The first-order chi connectivity index (χ1) is 9.37. The molecule has 1 saturated heterocycles. The summed E-state index contributed by atoms with van der Waals surface area (Å²) in [7, 11) is 0. The molecule has 20 heavy (non-hydrogen) atoms. The number of benzene rings is 1. The molecule has 1 aromatic carbocycles. The molecule has 0 aromatic heterocycles. The topological polar surface area (TPSA) is 32.7 Å². The maximum absolute atomic E-state index is 13.5. The number of halogens is 1. The Balaban J connectivity index is 1.88. The summed E-state index contributed by atoms with van der Waals surface area (Å²) < 4.78 is 19.2. The van der Waals surface area contributed by atoms with E-state index in [1.807, 2.05) is 0 Å². The van der Waals surface area contributed by atoms with E-state index in [2.05, 4.69) is 18.7 Å². The second-order valence-corrected chi connectivity index (χ2v) is 6.20. The molecule has 2 rings (SSSR count). The highest BCUT2D eigenvalue weighted by Gasteiger charge is 2.27. The fourth-order valence-electron chi connectivity index (χ4n) is 2.59. The highest BCUT2D eigenvalue weighted by atomic mass is 19.1. The second-order valence-electron chi connectivity index (χ2n) is 6.20. The molecule has 0 amide bonds. The Morgan fingerprint density at radius 1 is 1.45 bits per heavy atom. The van der Waals surface area contributed by atoms with Gasteiger partial charge in [-0.1, -0.05) is 12.1 Å². The zero-order valence-electron chi connectivity index (χ0n) is 12.5. The summed E-state index contributed by atoms with van der Waals surface area (Å²) in [6.07, 6.45) is -0.00506. The molecular formula is C16H24FNO2. The van der Waals surface area contributed by atoms with Crippen molar-refractivity contribution in [3.05, 3.63) is 35.1 Å². The third kappa shape index (κ3) is 4.01. The predicted molar refractivity (Wildman–Crippen MR) is 77.2 cm³/mol. The molecule has 0 aliphatic carbocycles. The SMILES string of the molecule is Cc1ccc(C(O)CCN2CCOC(C)(C)C2)cc1F. The molecule has 1 N–H and O–H groups in total. The summed E-state index contributed by atoms with van der Waals surface area (Å²) >= 11 is 0. The number of aryl methyl sites for hydroxylation is 1. The molecule has 0 bridgehead atoms. The van der Waals surface area contributed by atoms with Crippen LogP contribution in [0.5, 0.6) is 0 Å². The summed E-state index contributed by atoms with van der Waals surface area (Å²) in [4.78, 5) is 2.29. The van der Waals surface area contributed by atoms with Crippen LogP contribution in [0.3, 0.4) is 0 Å². The minimum absolute atomic E-state index is 0.126. The molecule has 0 saturated carbocycles. The van der Waals surface area contributed by atoms with Crippen LogP contribution in [0, 0.1) is 12.7 Å². The van der Waals surface area contributed by atoms with Crippen LogP contribution in [0.25, 0.3) is 0 Å². The Hall–Kier alpha value is -0.970. The van der Waals surface area contributed by atoms with Gasteiger partial charge in [-0.15, -0.1) is 0 Å². The molecule has 1 aliphatic heterocycles. The van der Waals surface area contributed by atoms with Gasteiger partial charge in [-0.3, -0.25) is 4.90 Å². The number of aliphatic hydroxyl groups excluding tert-OH is 1. The van der Waals surface area contributed by atoms with Crippen molar-refractivity contribution in [1.82, 2.24) is 4.90 Å². The predicted octanol–water partition coefficient (Wildman–Crippen LogP) is 2.67. The Labute approximate surface area is 120 Å². The second kappa shape index (κ2) is 6.20. The van der Waals surface area contributed by atoms with Crippen molar-refractivity contribution in [2.45, 2.75) is 38.9 Å². The molecule has 1 aromatic rings. The van der Waals surface area contributed by atoms with Gasteiger partial charge < -0.3 is 9.84 Å². The van der Waals surface area contributed by atoms with Crippen molar-refractivity contribution >= 4 is 0 Å². The molecule has 0 radical (unpaired) electrons. The van der Waals surface area contributed by atoms with Gasteiger partial charge in [0.25, 0.3) is 0 Å². The normalized spacial score (nSPS) is 20.9. The van der Waals surface area contributed by atoms with Gasteiger partial charge in [-0.05, 0) is 44.4 Å². The maximum Gasteiger partial charge on any atom is 0.126 e. The van der Waals surface area contributed by atoms with Gasteiger partial charge in [0.15, 0.2) is 0 Å². The summed E-state index contributed by atoms with van der Waals surface area (Å²) in [5, 5.41) is 10.2. The van der Waals surface area contributed by atoms with E-state index in [1.54, 1.807) is 19.1 Å². The number of ether oxygens (including phenoxy) is 1. The van der Waals surface area contributed by atoms with Gasteiger partial charge in [-0.25, -0.2) is 4.39 Å². The minimum atomic E-state index is -0.615. The van der Waals surface area contributed by atoms with Crippen molar-refractivity contribution in [3.63, 3.8) is 0 Å². The van der Waals surface area contributed by atoms with E-state index in [4.69, 9.17) is 4.74 Å². The van der Waals surface area contributed by atoms with Gasteiger partial charge in [-0.2, -0.15) is 0 Å². The van der Waals surface area contributed by atoms with Gasteiger partial charge in [0.2, 0.25) is 0 Å². The number of aliphatic hydroxyl groups is 1. The molecule has 1 atom stereocenters. The third-order valence-electron chi connectivity index (χ3n) is 3.80. The van der Waals surface area contributed by atoms with Crippen LogP contribution in [0.2, 0.25) is 0 Å². The van der Waals surface area contributed by atoms with Crippen LogP contribution in [0.1, 0.15) is 37.5 Å². The number of hydrogen-bond donors (Lipinski definition) is 1. The van der Waals surface area contributed by atoms with Gasteiger partial charge in [0.1, 0.15) is 5.82 Å². The average Bonchev–Trinajstić information content (AvgIpc) is 2.38. The van der Waals surface area contributed by atoms with Gasteiger partial charge >= 0.3 is 0 Å². The largest absolute Gasteiger partial charge is 0.388 e. The average molecular weight is 281 g/mol. The van der Waals surface area contributed by atoms with Crippen molar-refractivity contribution in [2.24, 2.45) is 0 Å². The number of rotatable bonds is 4. The minimum Gasteiger partial charge on any atom is -0.388 e. The molecule has 1 aliphatic rings. The smallest absolute Gasteiger partial charge is 0.126 e. The zero-order valence-corrected chi connectivity index (χ0v) is 12.5. The first-order valence-corrected chi connectivity index (χ1v) is 7.18. The van der Waals surface area contributed by atoms with E-state index in [0.29, 0.717) is 17.5 Å². The number of hydrogen-bond acceptors (Lipinski definition) is 3. The fraction of sp³-hybridized carbons (Fsp3) is 0.625. The number of nitrogens with zero attached hydrogens (tertiary/aromatic N) is 1. The molecule has 1 fully saturated rings. The van der Waals surface area contributed by atoms with Crippen LogP contribution < -0.4 is 0 Å². The lowest BCUT2D eigenvalue weighted by molar-refractivity contribution is -0.0878. The van der Waals surface area contributed by atoms with Crippen molar-refractivity contribution in [2.75, 3.05) is 26.2 Å². The van der Waals surface area contributed by atoms with Crippen molar-refractivity contribution < 1.29 is 14.2 Å². The molecular weight excluding hydrogens is 257 g/mol. The lowest BCUT2D eigenvalue weighted by Gasteiger charge is -2.38. The van der Waals surface area contributed by atoms with Crippen LogP contribution in [-0.4, -0.2) is 41.8 Å². The molecule has 3 nitrogen and oxygen atoms in total. The molecule has 0 spiro atoms. The standard InChI is InChI=1S/C16H24FNO2/c1-12-4-5-13(10-14(12)17)15(19)6-7-18-8-9-20-16(2,3)11-18/h4-5,10,15,19H,6-9,11H2,1-3H3. The Morgan fingerprint density at radius 3 is 2.85 bits per heavy atom. The van der Waals surface area contributed by atoms with Gasteiger partial charge in [0.05, 0.1) is 18.3 Å². The van der Waals surface area contributed by atoms with Crippen molar-refractivity contribution in [1.29, 1.82) is 0 Å². The maximum atomic E-state index is 13.5. The molecule has 1 unspecified atom stereocenters. The highest BCUT2D eigenvalue weighted by Crippen LogP contribution is 2.22. The summed E-state index contributed by atoms with van der Waals surface area (Å²) in [6.45, 7) is 9.14. The Kier molecular flexibility index (Phi) is 4.78. The van der Waals surface area contributed by atoms with Crippen molar-refractivity contribution in [3.8, 4) is 0 Å². The summed E-state index contributed by atoms with van der Waals surface area (Å²) in [6, 6.07) is 4.95. The zero-order chi connectivity index (χ0) is 14.8. The Morgan fingerprint density at radius 2 is 2.20 bits per heavy atom. The molecule has 4 heteroatoms. The Bertz CT molecular complexity index is 462. The first kappa shape index (κ1) is 15.4. The van der Waals surface area contributed by atoms with E-state index in [1.165, 1.54) is 6.07 Å². The first-order valence-electron chi connectivity index (χ1n) is 7.18. The monoisotopic (exact) mass is 281 g/mol. The lowest BCUT2D eigenvalue weighted by Crippen LogP contribution is -2.48. The van der Waals surface area contributed by atoms with E-state index < -0.39 is 6.10 Å². The fourth-order valence-corrected chi connectivity index (χ4v) is 2.59. The number of morpholine rings is 1. The molecule has 1 heterocycles. The van der Waals surface area contributed by atoms with Crippen LogP contribution >= 0.6 is 0 Å². The van der Waals surface area contributed by atoms with Crippen LogP contribution in [0.15, 0.2) is 18.2 Å². The van der Waals surface area contributed by atoms with E-state index in [0.717, 1.165) is 26.2 Å². The highest BCUT2D eigenvalue weighted by molar-refractivity contribution is 5.24. The van der Waals surface area contributed by atoms with E-state index in [-0.39, 0.29) is 11.4 Å². The van der Waals surface area contributed by atoms with Gasteiger partial charge in [0, 0.05) is 19.6 Å². The van der Waals surface area contributed by atoms with Crippen LogP contribution in [0.4, 0.5) is 4.39 Å². The quantitative estimate of drug-likeness (QED) is 0.921. The summed E-state index contributed by atoms with van der Waals surface area (Å²) in [5.74, 6) is -0.256.